The molecular weight excluding hydrogens is 346 g/mol. The number of carbonyl (C=O) groups is 2. The summed E-state index contributed by atoms with van der Waals surface area (Å²) in [5, 5.41) is 3.16. The van der Waals surface area contributed by atoms with Gasteiger partial charge in [-0.3, -0.25) is 14.6 Å². The lowest BCUT2D eigenvalue weighted by Crippen LogP contribution is -2.35. The number of hydrogen-bond acceptors (Lipinski definition) is 4. The van der Waals surface area contributed by atoms with Crippen molar-refractivity contribution in [2.24, 2.45) is 16.8 Å². The minimum Gasteiger partial charge on any atom is -0.313 e. The molecule has 0 spiro atoms. The maximum absolute atomic E-state index is 12.7. The molecule has 1 N–H and O–H groups in total. The number of para-hydroxylation sites is 1. The second-order valence-corrected chi connectivity index (χ2v) is 8.25. The fourth-order valence-corrected chi connectivity index (χ4v) is 5.05. The Labute approximate surface area is 157 Å². The summed E-state index contributed by atoms with van der Waals surface area (Å²) in [6.45, 7) is 2.53. The average Bonchev–Trinajstić information content (AvgIpc) is 3.33. The zero-order chi connectivity index (χ0) is 18.1. The number of carbonyl (C=O) groups excluding carboxylic acids is 2. The summed E-state index contributed by atoms with van der Waals surface area (Å²) >= 11 is 1.40. The molecule has 1 heterocycles. The van der Waals surface area contributed by atoms with E-state index in [4.69, 9.17) is 4.99 Å². The number of amides is 2. The predicted molar refractivity (Wildman–Crippen MR) is 105 cm³/mol. The third kappa shape index (κ3) is 3.43. The fourth-order valence-electron chi connectivity index (χ4n) is 4.03. The molecule has 4 atom stereocenters. The number of fused-ring (bicyclic) bond motifs is 2. The number of allylic oxidation sites excluding steroid dienone is 1. The molecule has 0 aromatic heterocycles. The van der Waals surface area contributed by atoms with Crippen LogP contribution < -0.4 is 10.2 Å². The van der Waals surface area contributed by atoms with Gasteiger partial charge >= 0.3 is 0 Å². The van der Waals surface area contributed by atoms with Crippen molar-refractivity contribution in [3.8, 4) is 0 Å². The summed E-state index contributed by atoms with van der Waals surface area (Å²) < 4.78 is 0. The molecule has 2 fully saturated rings. The van der Waals surface area contributed by atoms with E-state index < -0.39 is 5.25 Å². The predicted octanol–water partition coefficient (Wildman–Crippen LogP) is 2.98. The minimum atomic E-state index is -0.395. The van der Waals surface area contributed by atoms with Crippen LogP contribution in [0, 0.1) is 11.8 Å². The molecule has 0 radical (unpaired) electrons. The number of hydrogen-bond donors (Lipinski definition) is 1. The van der Waals surface area contributed by atoms with Crippen LogP contribution in [0.3, 0.4) is 0 Å². The topological polar surface area (TPSA) is 61.8 Å². The van der Waals surface area contributed by atoms with Gasteiger partial charge in [0.15, 0.2) is 5.17 Å². The van der Waals surface area contributed by atoms with Crippen molar-refractivity contribution in [3.05, 3.63) is 42.5 Å². The van der Waals surface area contributed by atoms with E-state index in [9.17, 15) is 9.59 Å². The summed E-state index contributed by atoms with van der Waals surface area (Å²) in [7, 11) is 0. The normalized spacial score (nSPS) is 30.8. The SMILES string of the molecule is CCN(C(=O)CC1SC(=NC2CC3C=CC2C3)NC1=O)c1ccccc1. The maximum atomic E-state index is 12.7. The number of rotatable bonds is 5. The van der Waals surface area contributed by atoms with E-state index >= 15 is 0 Å². The lowest BCUT2D eigenvalue weighted by molar-refractivity contribution is -0.123. The highest BCUT2D eigenvalue weighted by molar-refractivity contribution is 8.15. The average molecular weight is 369 g/mol. The molecule has 2 bridgehead atoms. The van der Waals surface area contributed by atoms with Crippen molar-refractivity contribution in [3.63, 3.8) is 0 Å². The first-order chi connectivity index (χ1) is 12.6. The number of nitrogens with zero attached hydrogens (tertiary/aromatic N) is 2. The van der Waals surface area contributed by atoms with Gasteiger partial charge in [0.1, 0.15) is 5.25 Å². The number of benzene rings is 1. The number of thioether (sulfide) groups is 1. The van der Waals surface area contributed by atoms with Gasteiger partial charge in [-0.2, -0.15) is 0 Å². The van der Waals surface area contributed by atoms with Gasteiger partial charge in [-0.05, 0) is 43.7 Å². The molecule has 1 saturated carbocycles. The Morgan fingerprint density at radius 3 is 2.73 bits per heavy atom. The van der Waals surface area contributed by atoms with Crippen LogP contribution in [0.25, 0.3) is 0 Å². The molecule has 4 unspecified atom stereocenters. The molecule has 1 saturated heterocycles. The van der Waals surface area contributed by atoms with E-state index in [-0.39, 0.29) is 24.3 Å². The van der Waals surface area contributed by atoms with Crippen molar-refractivity contribution in [2.75, 3.05) is 11.4 Å². The first kappa shape index (κ1) is 17.3. The van der Waals surface area contributed by atoms with Crippen molar-refractivity contribution >= 4 is 34.4 Å². The molecule has 2 aliphatic carbocycles. The highest BCUT2D eigenvalue weighted by Crippen LogP contribution is 2.41. The summed E-state index contributed by atoms with van der Waals surface area (Å²) in [6, 6.07) is 9.86. The Kier molecular flexibility index (Phi) is 4.85. The molecular formula is C20H23N3O2S. The molecule has 6 heteroatoms. The van der Waals surface area contributed by atoms with E-state index in [2.05, 4.69) is 17.5 Å². The van der Waals surface area contributed by atoms with Gasteiger partial charge in [-0.15, -0.1) is 0 Å². The second kappa shape index (κ2) is 7.27. The number of aliphatic imine (C=N–C) groups is 1. The zero-order valence-corrected chi connectivity index (χ0v) is 15.6. The Morgan fingerprint density at radius 1 is 1.27 bits per heavy atom. The first-order valence-electron chi connectivity index (χ1n) is 9.23. The molecule has 2 amide bonds. The Morgan fingerprint density at radius 2 is 2.08 bits per heavy atom. The van der Waals surface area contributed by atoms with Crippen LogP contribution in [0.1, 0.15) is 26.2 Å². The van der Waals surface area contributed by atoms with Crippen LogP contribution in [-0.4, -0.2) is 34.8 Å². The minimum absolute atomic E-state index is 0.0320. The standard InChI is InChI=1S/C20H23N3O2S/c1-2-23(15-6-4-3-5-7-15)18(24)12-17-19(25)22-20(26-17)21-16-11-13-8-9-14(16)10-13/h3-9,13-14,16-17H,2,10-12H2,1H3,(H,21,22,25). The Bertz CT molecular complexity index is 762. The van der Waals surface area contributed by atoms with Crippen LogP contribution in [0.2, 0.25) is 0 Å². The van der Waals surface area contributed by atoms with Crippen LogP contribution in [0.5, 0.6) is 0 Å². The molecule has 1 aromatic rings. The summed E-state index contributed by atoms with van der Waals surface area (Å²) in [6.07, 6.45) is 6.98. The monoisotopic (exact) mass is 369 g/mol. The largest absolute Gasteiger partial charge is 0.313 e. The van der Waals surface area contributed by atoms with Crippen LogP contribution in [0.15, 0.2) is 47.5 Å². The molecule has 26 heavy (non-hydrogen) atoms. The number of anilines is 1. The summed E-state index contributed by atoms with van der Waals surface area (Å²) in [5.41, 5.74) is 0.867. The fraction of sp³-hybridized carbons (Fsp3) is 0.450. The second-order valence-electron chi connectivity index (χ2n) is 7.06. The molecule has 136 valence electrons. The smallest absolute Gasteiger partial charge is 0.240 e. The van der Waals surface area contributed by atoms with Crippen LogP contribution in [0.4, 0.5) is 5.69 Å². The number of amidine groups is 1. The highest BCUT2D eigenvalue weighted by Gasteiger charge is 2.38. The molecule has 1 aromatic carbocycles. The molecule has 4 rings (SSSR count). The summed E-state index contributed by atoms with van der Waals surface area (Å²) in [4.78, 5) is 31.5. The number of nitrogens with one attached hydrogen (secondary N) is 1. The van der Waals surface area contributed by atoms with Crippen molar-refractivity contribution in [2.45, 2.75) is 37.5 Å². The lowest BCUT2D eigenvalue weighted by Gasteiger charge is -2.21. The van der Waals surface area contributed by atoms with Gasteiger partial charge in [-0.25, -0.2) is 0 Å². The third-order valence-corrected chi connectivity index (χ3v) is 6.44. The molecule has 3 aliphatic rings. The van der Waals surface area contributed by atoms with E-state index in [1.807, 2.05) is 37.3 Å². The zero-order valence-electron chi connectivity index (χ0n) is 14.8. The maximum Gasteiger partial charge on any atom is 0.240 e. The highest BCUT2D eigenvalue weighted by atomic mass is 32.2. The lowest BCUT2D eigenvalue weighted by atomic mass is 10.0. The Hall–Kier alpha value is -2.08. The van der Waals surface area contributed by atoms with E-state index in [1.165, 1.54) is 18.2 Å². The quantitative estimate of drug-likeness (QED) is 0.812. The summed E-state index contributed by atoms with van der Waals surface area (Å²) in [5.74, 6) is 1.03. The molecule has 5 nitrogen and oxygen atoms in total. The van der Waals surface area contributed by atoms with Gasteiger partial charge in [0.25, 0.3) is 0 Å². The van der Waals surface area contributed by atoms with Crippen LogP contribution >= 0.6 is 11.8 Å². The van der Waals surface area contributed by atoms with E-state index in [1.54, 1.807) is 4.90 Å². The first-order valence-corrected chi connectivity index (χ1v) is 10.1. The van der Waals surface area contributed by atoms with Gasteiger partial charge in [0, 0.05) is 18.7 Å². The van der Waals surface area contributed by atoms with Gasteiger partial charge in [0.05, 0.1) is 6.04 Å². The molecule has 1 aliphatic heterocycles. The van der Waals surface area contributed by atoms with E-state index in [0.29, 0.717) is 23.5 Å². The van der Waals surface area contributed by atoms with E-state index in [0.717, 1.165) is 12.1 Å². The van der Waals surface area contributed by atoms with Crippen molar-refractivity contribution in [1.29, 1.82) is 0 Å². The van der Waals surface area contributed by atoms with Gasteiger partial charge in [0.2, 0.25) is 11.8 Å². The van der Waals surface area contributed by atoms with Crippen molar-refractivity contribution in [1.82, 2.24) is 5.32 Å². The van der Waals surface area contributed by atoms with Crippen LogP contribution in [-0.2, 0) is 9.59 Å². The van der Waals surface area contributed by atoms with Gasteiger partial charge in [-0.1, -0.05) is 42.1 Å². The van der Waals surface area contributed by atoms with Gasteiger partial charge < -0.3 is 10.2 Å². The Balaban J connectivity index is 1.40. The third-order valence-electron chi connectivity index (χ3n) is 5.35. The van der Waals surface area contributed by atoms with Crippen molar-refractivity contribution < 1.29 is 9.59 Å².